The third-order valence-electron chi connectivity index (χ3n) is 12.7. The topological polar surface area (TPSA) is 242 Å². The van der Waals surface area contributed by atoms with Crippen LogP contribution in [-0.4, -0.2) is 77.4 Å². The number of piperidine rings is 1. The van der Waals surface area contributed by atoms with E-state index in [1.54, 1.807) is 24.0 Å². The van der Waals surface area contributed by atoms with Crippen molar-refractivity contribution < 1.29 is 75.0 Å². The number of amides is 1. The summed E-state index contributed by atoms with van der Waals surface area (Å²) in [5.74, 6) is -3.46. The minimum absolute atomic E-state index is 0.0198. The Balaban J connectivity index is 1.45. The number of rotatable bonds is 14. The summed E-state index contributed by atoms with van der Waals surface area (Å²) >= 11 is 0. The highest BCUT2D eigenvalue weighted by molar-refractivity contribution is 7.66. The number of phosphoric acid groups is 3. The highest BCUT2D eigenvalue weighted by atomic mass is 31.3. The molecular formula is C43H56NO16P3. The maximum Gasteiger partial charge on any atom is 0.536 e. The zero-order chi connectivity index (χ0) is 46.3. The van der Waals surface area contributed by atoms with Crippen LogP contribution in [0.5, 0.6) is 17.2 Å². The second-order valence-corrected chi connectivity index (χ2v) is 22.8. The van der Waals surface area contributed by atoms with Gasteiger partial charge < -0.3 is 38.3 Å². The number of carbonyl (C=O) groups excluding carboxylic acids is 3. The van der Waals surface area contributed by atoms with Crippen molar-refractivity contribution in [3.63, 3.8) is 0 Å². The van der Waals surface area contributed by atoms with Crippen molar-refractivity contribution in [2.24, 2.45) is 11.8 Å². The molecule has 4 aliphatic heterocycles. The average Bonchev–Trinajstić information content (AvgIpc) is 3.31. The van der Waals surface area contributed by atoms with Crippen molar-refractivity contribution in [1.29, 1.82) is 0 Å². The Morgan fingerprint density at radius 1 is 0.889 bits per heavy atom. The van der Waals surface area contributed by atoms with Crippen LogP contribution < -0.4 is 14.0 Å². The first-order chi connectivity index (χ1) is 29.1. The van der Waals surface area contributed by atoms with Gasteiger partial charge in [0.1, 0.15) is 22.7 Å². The van der Waals surface area contributed by atoms with Crippen LogP contribution in [0.3, 0.4) is 0 Å². The summed E-state index contributed by atoms with van der Waals surface area (Å²) in [6.45, 7) is 16.0. The van der Waals surface area contributed by atoms with Gasteiger partial charge in [-0.3, -0.25) is 19.3 Å². The fraction of sp³-hybridized carbons (Fsp3) is 0.558. The van der Waals surface area contributed by atoms with E-state index in [9.17, 15) is 42.9 Å². The van der Waals surface area contributed by atoms with E-state index in [0.717, 1.165) is 30.4 Å². The molecule has 2 saturated heterocycles. The van der Waals surface area contributed by atoms with E-state index in [1.165, 1.54) is 12.2 Å². The third-order valence-corrected chi connectivity index (χ3v) is 16.5. The van der Waals surface area contributed by atoms with Crippen molar-refractivity contribution >= 4 is 47.0 Å². The van der Waals surface area contributed by atoms with Gasteiger partial charge >= 0.3 is 23.5 Å². The molecular weight excluding hydrogens is 879 g/mol. The van der Waals surface area contributed by atoms with E-state index in [1.807, 2.05) is 60.6 Å². The lowest BCUT2D eigenvalue weighted by molar-refractivity contribution is -0.171. The number of nitrogens with zero attached hydrogens (tertiary/aromatic N) is 1. The molecule has 1 aromatic rings. The number of fused-ring (bicyclic) bond motifs is 2. The highest BCUT2D eigenvalue weighted by Gasteiger charge is 2.81. The summed E-state index contributed by atoms with van der Waals surface area (Å²) in [6, 6.07) is 0. The number of allylic oxidation sites excluding steroid dienone is 5. The lowest BCUT2D eigenvalue weighted by Crippen LogP contribution is -2.72. The molecule has 3 fully saturated rings. The molecule has 0 aromatic heterocycles. The van der Waals surface area contributed by atoms with Gasteiger partial charge in [0.25, 0.3) is 0 Å². The zero-order valence-electron chi connectivity index (χ0n) is 36.7. The Labute approximate surface area is 366 Å². The standard InChI is InChI=1S/C43H56NO16P3/c1-25(2)13-12-18-41(8)19-17-30-35(55-41)29(15-14-26(3)4)36-33(37(30)57-62(51,52)60-63(53,54)59-61(48,49)50)34(45)31-23-28-24-32-40(6,7)58-42(38(28)46,43(31,32)56-36)20-16-27(5)39(47)44-21-10-9-11-22-44/h13-14,16-17,19,23,28,32H,9-12,15,18,20-22,24H2,1-8H3,(H,51,52)(H,53,54)(H2,48,49,50). The summed E-state index contributed by atoms with van der Waals surface area (Å²) in [4.78, 5) is 85.5. The minimum Gasteiger partial charge on any atom is -0.482 e. The number of phosphoric ester groups is 1. The molecule has 1 aromatic carbocycles. The van der Waals surface area contributed by atoms with Gasteiger partial charge in [-0.05, 0) is 112 Å². The van der Waals surface area contributed by atoms with Crippen LogP contribution in [0.4, 0.5) is 0 Å². The lowest BCUT2D eigenvalue weighted by atomic mass is 9.51. The van der Waals surface area contributed by atoms with Crippen molar-refractivity contribution in [3.05, 3.63) is 69.4 Å². The predicted molar refractivity (Wildman–Crippen MR) is 230 cm³/mol. The SMILES string of the molecule is CC(C)=CCCC1(C)C=Cc2c(c(CC=C(C)C)c3c(c2OP(=O)(O)OP(=O)(O)OP(=O)(O)O)C(=O)C2=CC4CC5C(C)(C)OC(CC=C(C)C(=O)N6CCCCC6)(C4=O)C25O3)O1. The van der Waals surface area contributed by atoms with Gasteiger partial charge in [-0.25, -0.2) is 13.7 Å². The number of hydrogen-bond acceptors (Lipinski definition) is 12. The quantitative estimate of drug-likeness (QED) is 0.0781. The molecule has 63 heavy (non-hydrogen) atoms. The van der Waals surface area contributed by atoms with Crippen LogP contribution in [0.25, 0.3) is 6.08 Å². The molecule has 20 heteroatoms. The van der Waals surface area contributed by atoms with Crippen LogP contribution in [0.1, 0.15) is 122 Å². The summed E-state index contributed by atoms with van der Waals surface area (Å²) in [5, 5.41) is 0. The molecule has 7 unspecified atom stereocenters. The molecule has 1 saturated carbocycles. The van der Waals surface area contributed by atoms with E-state index in [0.29, 0.717) is 37.1 Å². The van der Waals surface area contributed by atoms with Crippen molar-refractivity contribution in [3.8, 4) is 17.2 Å². The van der Waals surface area contributed by atoms with Crippen LogP contribution in [0.2, 0.25) is 0 Å². The molecule has 8 rings (SSSR count). The van der Waals surface area contributed by atoms with Gasteiger partial charge in [0, 0.05) is 48.1 Å². The van der Waals surface area contributed by atoms with Crippen molar-refractivity contribution in [2.45, 2.75) is 129 Å². The summed E-state index contributed by atoms with van der Waals surface area (Å²) in [7, 11) is -17.7. The maximum absolute atomic E-state index is 15.6. The normalized spacial score (nSPS) is 29.8. The molecule has 7 atom stereocenters. The van der Waals surface area contributed by atoms with Crippen LogP contribution >= 0.6 is 23.5 Å². The van der Waals surface area contributed by atoms with Crippen molar-refractivity contribution in [2.75, 3.05) is 13.1 Å². The number of likely N-dealkylation sites (tertiary alicyclic amines) is 1. The maximum atomic E-state index is 15.6. The van der Waals surface area contributed by atoms with Crippen LogP contribution in [-0.2, 0) is 43.1 Å². The second-order valence-electron chi connectivity index (χ2n) is 18.5. The molecule has 4 heterocycles. The predicted octanol–water partition coefficient (Wildman–Crippen LogP) is 8.17. The van der Waals surface area contributed by atoms with Gasteiger partial charge in [0.2, 0.25) is 5.91 Å². The molecule has 3 aliphatic carbocycles. The highest BCUT2D eigenvalue weighted by Crippen LogP contribution is 2.71. The third kappa shape index (κ3) is 8.71. The van der Waals surface area contributed by atoms with E-state index in [2.05, 4.69) is 8.62 Å². The summed E-state index contributed by atoms with van der Waals surface area (Å²) < 4.78 is 72.5. The van der Waals surface area contributed by atoms with Crippen molar-refractivity contribution in [1.82, 2.24) is 4.90 Å². The largest absolute Gasteiger partial charge is 0.536 e. The molecule has 17 nitrogen and oxygen atoms in total. The van der Waals surface area contributed by atoms with Gasteiger partial charge in [-0.2, -0.15) is 8.62 Å². The fourth-order valence-electron chi connectivity index (χ4n) is 10.0. The van der Waals surface area contributed by atoms with Crippen LogP contribution in [0.15, 0.2) is 52.7 Å². The van der Waals surface area contributed by atoms with E-state index in [-0.39, 0.29) is 53.6 Å². The first-order valence-electron chi connectivity index (χ1n) is 21.0. The molecule has 1 spiro atoms. The molecule has 7 aliphatic rings. The number of carbonyl (C=O) groups is 3. The Bertz CT molecular complexity index is 2450. The zero-order valence-corrected chi connectivity index (χ0v) is 39.3. The Morgan fingerprint density at radius 3 is 2.19 bits per heavy atom. The molecule has 0 radical (unpaired) electrons. The summed E-state index contributed by atoms with van der Waals surface area (Å²) in [5.41, 5.74) is -3.43. The van der Waals surface area contributed by atoms with Gasteiger partial charge in [-0.15, -0.1) is 0 Å². The Morgan fingerprint density at radius 2 is 1.56 bits per heavy atom. The fourth-order valence-corrected chi connectivity index (χ4v) is 13.1. The molecule has 4 bridgehead atoms. The van der Waals surface area contributed by atoms with Crippen LogP contribution in [0, 0.1) is 11.8 Å². The number of ketones is 2. The second kappa shape index (κ2) is 16.5. The Kier molecular flexibility index (Phi) is 12.4. The van der Waals surface area contributed by atoms with E-state index >= 15 is 4.79 Å². The number of Topliss-reactive ketones (excluding diaryl/α,β-unsaturated/α-hetero) is 2. The number of ether oxygens (including phenoxy) is 3. The minimum atomic E-state index is -6.00. The van der Waals surface area contributed by atoms with Gasteiger partial charge in [0.15, 0.2) is 28.5 Å². The first-order valence-corrected chi connectivity index (χ1v) is 25.5. The van der Waals surface area contributed by atoms with Gasteiger partial charge in [0.05, 0.1) is 11.2 Å². The smallest absolute Gasteiger partial charge is 0.482 e. The lowest BCUT2D eigenvalue weighted by Gasteiger charge is -2.56. The molecule has 4 N–H and O–H groups in total. The first kappa shape index (κ1) is 47.5. The van der Waals surface area contributed by atoms with E-state index in [4.69, 9.17) is 18.7 Å². The van der Waals surface area contributed by atoms with Gasteiger partial charge in [-0.1, -0.05) is 35.5 Å². The number of benzene rings is 1. The molecule has 344 valence electrons. The number of hydrogen-bond donors (Lipinski definition) is 4. The average molecular weight is 936 g/mol. The monoisotopic (exact) mass is 935 g/mol. The molecule has 1 amide bonds. The van der Waals surface area contributed by atoms with E-state index < -0.39 is 74.8 Å². The Hall–Kier alpha value is -3.46. The summed E-state index contributed by atoms with van der Waals surface area (Å²) in [6.07, 6.45) is 14.4.